The lowest BCUT2D eigenvalue weighted by molar-refractivity contribution is -0.672. The molecule has 0 unspecified atom stereocenters. The number of nitrogens with one attached hydrogen (secondary N) is 2. The second kappa shape index (κ2) is 16.7. The molecule has 2 N–H and O–H groups in total. The van der Waals surface area contributed by atoms with Crippen LogP contribution in [-0.4, -0.2) is 89.4 Å². The van der Waals surface area contributed by atoms with Gasteiger partial charge in [0.25, 0.3) is 27.8 Å². The molecule has 0 amide bonds. The van der Waals surface area contributed by atoms with E-state index >= 15 is 0 Å². The summed E-state index contributed by atoms with van der Waals surface area (Å²) in [5.74, 6) is 0.389. The molecule has 0 fully saturated rings. The van der Waals surface area contributed by atoms with Gasteiger partial charge in [-0.15, -0.1) is 0 Å². The van der Waals surface area contributed by atoms with Crippen molar-refractivity contribution in [3.8, 4) is 0 Å². The average Bonchev–Trinajstić information content (AvgIpc) is 3.03. The number of rotatable bonds is 8. The van der Waals surface area contributed by atoms with E-state index in [1.54, 1.807) is 36.4 Å². The molecule has 264 valence electrons. The molecule has 0 atom stereocenters. The van der Waals surface area contributed by atoms with Gasteiger partial charge >= 0.3 is 5.95 Å². The number of nitrogens with zero attached hydrogens (tertiary/aromatic N) is 11. The Morgan fingerprint density at radius 3 is 1.66 bits per heavy atom. The standard InChI is InChI=1S/C12H17N5O2.C12H17N5O.C8H6ClN3O/c1-9-4-5-10-11(8-9)16(18)12(14-17(10)19)13-6-7-15(2)3;1-9-4-5-11-10(8-9)14-12(15-17(11)18)13-6-7-16(2)3;1-5-2-3-7-6(4-5)10-8(9)11-12(7)13/h4-5,8H,6-7H2,1-3H3,(H,13,14);4-5,8H,6-7H2,1-3H3,(H,13,14,15);2-4H,1H3. The molecule has 0 saturated heterocycles. The molecule has 0 bridgehead atoms. The Kier molecular flexibility index (Phi) is 12.5. The van der Waals surface area contributed by atoms with E-state index in [0.29, 0.717) is 65.9 Å². The third kappa shape index (κ3) is 10.0. The van der Waals surface area contributed by atoms with Gasteiger partial charge in [-0.1, -0.05) is 18.2 Å². The van der Waals surface area contributed by atoms with Gasteiger partial charge in [-0.3, -0.25) is 5.32 Å². The SMILES string of the molecule is Cc1ccc2c(c1)[n+]([O-])c(NCCN(C)C)n[n+]2[O-].Cc1ccc2c(c1)nc(Cl)n[n+]2[O-].Cc1ccc2c(c1)nc(NCCN(C)C)n[n+]2[O-]. The van der Waals surface area contributed by atoms with Crippen LogP contribution in [0.5, 0.6) is 0 Å². The normalized spacial score (nSPS) is 11.0. The first-order valence-corrected chi connectivity index (χ1v) is 15.9. The van der Waals surface area contributed by atoms with E-state index in [-0.39, 0.29) is 16.7 Å². The molecule has 0 spiro atoms. The molecule has 3 heterocycles. The largest absolute Gasteiger partial charge is 0.739 e. The van der Waals surface area contributed by atoms with Crippen molar-refractivity contribution in [3.05, 3.63) is 97.4 Å². The van der Waals surface area contributed by atoms with Crippen molar-refractivity contribution >= 4 is 56.6 Å². The number of hydrogen-bond acceptors (Lipinski definition) is 13. The van der Waals surface area contributed by atoms with Crippen LogP contribution in [0.2, 0.25) is 5.28 Å². The Morgan fingerprint density at radius 2 is 1.08 bits per heavy atom. The lowest BCUT2D eigenvalue weighted by Crippen LogP contribution is -2.44. The predicted octanol–water partition coefficient (Wildman–Crippen LogP) is 1.55. The van der Waals surface area contributed by atoms with Crippen LogP contribution < -0.4 is 29.9 Å². The molecule has 17 nitrogen and oxygen atoms in total. The summed E-state index contributed by atoms with van der Waals surface area (Å²) in [6, 6.07) is 15.8. The fourth-order valence-corrected chi connectivity index (χ4v) is 4.67. The van der Waals surface area contributed by atoms with Gasteiger partial charge in [0.05, 0.1) is 11.6 Å². The molecule has 0 aliphatic rings. The van der Waals surface area contributed by atoms with Crippen molar-refractivity contribution in [1.29, 1.82) is 0 Å². The molecule has 3 aromatic carbocycles. The van der Waals surface area contributed by atoms with Crippen LogP contribution in [-0.2, 0) is 0 Å². The Balaban J connectivity index is 0.000000171. The van der Waals surface area contributed by atoms with E-state index in [1.807, 2.05) is 77.0 Å². The first kappa shape index (κ1) is 37.3. The zero-order valence-corrected chi connectivity index (χ0v) is 29.7. The van der Waals surface area contributed by atoms with Crippen molar-refractivity contribution in [2.75, 3.05) is 65.0 Å². The molecular weight excluding hydrogens is 666 g/mol. The van der Waals surface area contributed by atoms with Crippen LogP contribution in [0, 0.1) is 41.6 Å². The number of benzene rings is 3. The summed E-state index contributed by atoms with van der Waals surface area (Å²) in [7, 11) is 7.83. The van der Waals surface area contributed by atoms with Crippen LogP contribution in [0.1, 0.15) is 16.7 Å². The van der Waals surface area contributed by atoms with Crippen molar-refractivity contribution in [1.82, 2.24) is 35.1 Å². The van der Waals surface area contributed by atoms with E-state index < -0.39 is 0 Å². The average molecular weight is 706 g/mol. The van der Waals surface area contributed by atoms with Crippen molar-refractivity contribution in [2.45, 2.75) is 20.8 Å². The lowest BCUT2D eigenvalue weighted by Gasteiger charge is -2.11. The molecule has 0 radical (unpaired) electrons. The Hall–Kier alpha value is -5.52. The number of aromatic nitrogens is 9. The van der Waals surface area contributed by atoms with E-state index in [4.69, 9.17) is 11.6 Å². The number of hydrogen-bond donors (Lipinski definition) is 2. The number of fused-ring (bicyclic) bond motifs is 3. The maximum Gasteiger partial charge on any atom is 0.461 e. The van der Waals surface area contributed by atoms with Crippen LogP contribution in [0.15, 0.2) is 54.6 Å². The van der Waals surface area contributed by atoms with Crippen LogP contribution in [0.25, 0.3) is 33.1 Å². The number of halogens is 1. The van der Waals surface area contributed by atoms with Gasteiger partial charge in [0.2, 0.25) is 5.10 Å². The highest BCUT2D eigenvalue weighted by molar-refractivity contribution is 6.28. The Morgan fingerprint density at radius 1 is 0.600 bits per heavy atom. The highest BCUT2D eigenvalue weighted by Gasteiger charge is 2.19. The van der Waals surface area contributed by atoms with Gasteiger partial charge in [-0.25, -0.2) is 14.7 Å². The number of likely N-dealkylation sites (N-methyl/N-ethyl adjacent to an activating group) is 2. The monoisotopic (exact) mass is 705 g/mol. The van der Waals surface area contributed by atoms with Crippen LogP contribution in [0.3, 0.4) is 0 Å². The fraction of sp³-hybridized carbons (Fsp3) is 0.344. The molecular formula is C32H40ClN13O4. The molecule has 0 aliphatic heterocycles. The summed E-state index contributed by atoms with van der Waals surface area (Å²) in [6.45, 7) is 8.60. The van der Waals surface area contributed by atoms with E-state index in [9.17, 15) is 20.8 Å². The third-order valence-electron chi connectivity index (χ3n) is 7.09. The third-order valence-corrected chi connectivity index (χ3v) is 7.25. The van der Waals surface area contributed by atoms with Gasteiger partial charge in [-0.05, 0) is 105 Å². The summed E-state index contributed by atoms with van der Waals surface area (Å²) < 4.78 is 0.659. The molecule has 6 rings (SSSR count). The molecule has 0 saturated carbocycles. The van der Waals surface area contributed by atoms with Gasteiger partial charge < -0.3 is 35.9 Å². The molecule has 3 aromatic heterocycles. The maximum absolute atomic E-state index is 12.1. The van der Waals surface area contributed by atoms with E-state index in [0.717, 1.165) is 29.8 Å². The predicted molar refractivity (Wildman–Crippen MR) is 190 cm³/mol. The van der Waals surface area contributed by atoms with E-state index in [1.165, 1.54) is 0 Å². The van der Waals surface area contributed by atoms with Gasteiger partial charge in [0, 0.05) is 47.8 Å². The van der Waals surface area contributed by atoms with Gasteiger partial charge in [0.15, 0.2) is 5.52 Å². The summed E-state index contributed by atoms with van der Waals surface area (Å²) >= 11 is 5.53. The molecule has 0 aliphatic carbocycles. The zero-order valence-electron chi connectivity index (χ0n) is 29.0. The van der Waals surface area contributed by atoms with E-state index in [2.05, 4.69) is 35.9 Å². The Bertz CT molecular complexity index is 2100. The highest BCUT2D eigenvalue weighted by Crippen LogP contribution is 2.12. The quantitative estimate of drug-likeness (QED) is 0.171. The highest BCUT2D eigenvalue weighted by atomic mass is 35.5. The number of anilines is 2. The maximum atomic E-state index is 12.1. The topological polar surface area (TPSA) is 203 Å². The fourth-order valence-electron chi connectivity index (χ4n) is 4.51. The van der Waals surface area contributed by atoms with Crippen LogP contribution >= 0.6 is 11.6 Å². The molecule has 6 aromatic rings. The molecule has 18 heteroatoms. The second-order valence-electron chi connectivity index (χ2n) is 12.0. The van der Waals surface area contributed by atoms with Crippen molar-refractivity contribution in [2.24, 2.45) is 0 Å². The summed E-state index contributed by atoms with van der Waals surface area (Å²) in [4.78, 5) is 13.8. The minimum Gasteiger partial charge on any atom is -0.739 e. The van der Waals surface area contributed by atoms with Crippen molar-refractivity contribution in [3.63, 3.8) is 0 Å². The second-order valence-corrected chi connectivity index (χ2v) is 12.3. The zero-order chi connectivity index (χ0) is 36.5. The Labute approximate surface area is 293 Å². The van der Waals surface area contributed by atoms with Gasteiger partial charge in [-0.2, -0.15) is 0 Å². The molecule has 50 heavy (non-hydrogen) atoms. The lowest BCUT2D eigenvalue weighted by atomic mass is 10.2. The minimum atomic E-state index is -0.0342. The van der Waals surface area contributed by atoms with Gasteiger partial charge in [0.1, 0.15) is 11.0 Å². The first-order valence-electron chi connectivity index (χ1n) is 15.5. The summed E-state index contributed by atoms with van der Waals surface area (Å²) in [5, 5.41) is 63.7. The summed E-state index contributed by atoms with van der Waals surface area (Å²) in [6.07, 6.45) is 0. The van der Waals surface area contributed by atoms with Crippen molar-refractivity contribution < 1.29 is 19.3 Å². The smallest absolute Gasteiger partial charge is 0.461 e. The number of aryl methyl sites for hydroxylation is 3. The first-order chi connectivity index (χ1) is 23.7. The van der Waals surface area contributed by atoms with Crippen LogP contribution in [0.4, 0.5) is 11.9 Å². The summed E-state index contributed by atoms with van der Waals surface area (Å²) in [5.41, 5.74) is 5.73. The minimum absolute atomic E-state index is 0.0231.